The maximum atomic E-state index is 12.8. The van der Waals surface area contributed by atoms with Gasteiger partial charge in [0.15, 0.2) is 0 Å². The van der Waals surface area contributed by atoms with Crippen molar-refractivity contribution in [3.8, 4) is 0 Å². The number of nitrogens with zero attached hydrogens (tertiary/aromatic N) is 2. The van der Waals surface area contributed by atoms with E-state index in [0.29, 0.717) is 37.7 Å². The largest absolute Gasteiger partial charge is 0.378 e. The van der Waals surface area contributed by atoms with Gasteiger partial charge in [-0.15, -0.1) is 0 Å². The Kier molecular flexibility index (Phi) is 4.85. The van der Waals surface area contributed by atoms with Gasteiger partial charge in [0, 0.05) is 37.6 Å². The van der Waals surface area contributed by atoms with Crippen LogP contribution in [0.4, 0.5) is 0 Å². The van der Waals surface area contributed by atoms with Gasteiger partial charge in [0.1, 0.15) is 4.90 Å². The zero-order chi connectivity index (χ0) is 14.8. The summed E-state index contributed by atoms with van der Waals surface area (Å²) in [6.07, 6.45) is 2.43. The summed E-state index contributed by atoms with van der Waals surface area (Å²) < 4.78 is 34.4. The minimum atomic E-state index is -3.47. The minimum Gasteiger partial charge on any atom is -0.378 e. The number of sulfonamides is 1. The van der Waals surface area contributed by atoms with Crippen molar-refractivity contribution in [3.63, 3.8) is 0 Å². The molecule has 1 aliphatic rings. The van der Waals surface area contributed by atoms with Crippen LogP contribution in [0, 0.1) is 0 Å². The summed E-state index contributed by atoms with van der Waals surface area (Å²) in [5.41, 5.74) is 6.51. The summed E-state index contributed by atoms with van der Waals surface area (Å²) in [4.78, 5) is 0.333. The van der Waals surface area contributed by atoms with Crippen LogP contribution in [-0.2, 0) is 27.8 Å². The first-order valence-corrected chi connectivity index (χ1v) is 8.47. The Labute approximate surface area is 120 Å². The maximum Gasteiger partial charge on any atom is 0.245 e. The molecule has 0 bridgehead atoms. The van der Waals surface area contributed by atoms with E-state index in [1.165, 1.54) is 0 Å². The predicted octanol–water partition coefficient (Wildman–Crippen LogP) is 0.766. The van der Waals surface area contributed by atoms with Gasteiger partial charge in [0.05, 0.1) is 13.2 Å². The van der Waals surface area contributed by atoms with Gasteiger partial charge >= 0.3 is 0 Å². The smallest absolute Gasteiger partial charge is 0.245 e. The van der Waals surface area contributed by atoms with Crippen LogP contribution in [-0.4, -0.2) is 43.1 Å². The van der Waals surface area contributed by atoms with E-state index in [9.17, 15) is 8.42 Å². The third-order valence-electron chi connectivity index (χ3n) is 3.76. The zero-order valence-electron chi connectivity index (χ0n) is 12.1. The van der Waals surface area contributed by atoms with Gasteiger partial charge in [0.2, 0.25) is 10.0 Å². The van der Waals surface area contributed by atoms with Crippen LogP contribution in [0.5, 0.6) is 0 Å². The van der Waals surface area contributed by atoms with Crippen LogP contribution < -0.4 is 5.73 Å². The third kappa shape index (κ3) is 2.76. The SMILES string of the molecule is CCC1COCCN1S(=O)(=O)c1cc(CN)n(CC)c1. The van der Waals surface area contributed by atoms with Gasteiger partial charge in [-0.2, -0.15) is 4.31 Å². The van der Waals surface area contributed by atoms with E-state index in [2.05, 4.69) is 0 Å². The fourth-order valence-corrected chi connectivity index (χ4v) is 4.28. The fraction of sp³-hybridized carbons (Fsp3) is 0.692. The molecule has 7 heteroatoms. The second-order valence-electron chi connectivity index (χ2n) is 4.91. The van der Waals surface area contributed by atoms with Gasteiger partial charge in [0.25, 0.3) is 0 Å². The molecule has 0 aliphatic carbocycles. The minimum absolute atomic E-state index is 0.0833. The molecule has 0 amide bonds. The normalized spacial score (nSPS) is 21.2. The van der Waals surface area contributed by atoms with Crippen LogP contribution in [0.3, 0.4) is 0 Å². The summed E-state index contributed by atoms with van der Waals surface area (Å²) in [7, 11) is -3.47. The number of aryl methyl sites for hydroxylation is 1. The maximum absolute atomic E-state index is 12.8. The number of ether oxygens (including phenoxy) is 1. The lowest BCUT2D eigenvalue weighted by molar-refractivity contribution is 0.0314. The Balaban J connectivity index is 2.36. The van der Waals surface area contributed by atoms with Gasteiger partial charge in [-0.05, 0) is 19.4 Å². The summed E-state index contributed by atoms with van der Waals surface area (Å²) in [5, 5.41) is 0. The number of aromatic nitrogens is 1. The van der Waals surface area contributed by atoms with E-state index >= 15 is 0 Å². The highest BCUT2D eigenvalue weighted by atomic mass is 32.2. The summed E-state index contributed by atoms with van der Waals surface area (Å²) in [6, 6.07) is 1.60. The van der Waals surface area contributed by atoms with Crippen molar-refractivity contribution >= 4 is 10.0 Å². The van der Waals surface area contributed by atoms with E-state index < -0.39 is 10.0 Å². The molecule has 2 heterocycles. The van der Waals surface area contributed by atoms with Crippen LogP contribution in [0.25, 0.3) is 0 Å². The quantitative estimate of drug-likeness (QED) is 0.871. The Morgan fingerprint density at radius 3 is 2.75 bits per heavy atom. The summed E-state index contributed by atoms with van der Waals surface area (Å²) >= 11 is 0. The standard InChI is InChI=1S/C13H23N3O3S/c1-3-11-10-19-6-5-16(11)20(17,18)13-7-12(8-14)15(4-2)9-13/h7,9,11H,3-6,8,10,14H2,1-2H3. The highest BCUT2D eigenvalue weighted by molar-refractivity contribution is 7.89. The number of hydrogen-bond acceptors (Lipinski definition) is 4. The third-order valence-corrected chi connectivity index (χ3v) is 5.68. The molecule has 1 unspecified atom stereocenters. The van der Waals surface area contributed by atoms with Crippen molar-refractivity contribution in [1.29, 1.82) is 0 Å². The highest BCUT2D eigenvalue weighted by Gasteiger charge is 2.33. The molecule has 0 spiro atoms. The summed E-state index contributed by atoms with van der Waals surface area (Å²) in [5.74, 6) is 0. The van der Waals surface area contributed by atoms with Crippen molar-refractivity contribution in [2.45, 2.75) is 44.3 Å². The molecule has 1 aromatic heterocycles. The molecular weight excluding hydrogens is 278 g/mol. The molecule has 0 aromatic carbocycles. The van der Waals surface area contributed by atoms with Crippen molar-refractivity contribution in [2.75, 3.05) is 19.8 Å². The van der Waals surface area contributed by atoms with E-state index in [1.807, 2.05) is 18.4 Å². The van der Waals surface area contributed by atoms with Crippen molar-refractivity contribution in [2.24, 2.45) is 5.73 Å². The van der Waals surface area contributed by atoms with Crippen molar-refractivity contribution < 1.29 is 13.2 Å². The van der Waals surface area contributed by atoms with E-state index in [4.69, 9.17) is 10.5 Å². The number of hydrogen-bond donors (Lipinski definition) is 1. The Morgan fingerprint density at radius 2 is 2.20 bits per heavy atom. The van der Waals surface area contributed by atoms with Crippen LogP contribution in [0.2, 0.25) is 0 Å². The predicted molar refractivity (Wildman–Crippen MR) is 76.8 cm³/mol. The van der Waals surface area contributed by atoms with Crippen molar-refractivity contribution in [3.05, 3.63) is 18.0 Å². The first-order chi connectivity index (χ1) is 9.54. The lowest BCUT2D eigenvalue weighted by atomic mass is 10.2. The monoisotopic (exact) mass is 301 g/mol. The molecule has 0 radical (unpaired) electrons. The average molecular weight is 301 g/mol. The van der Waals surface area contributed by atoms with Crippen molar-refractivity contribution in [1.82, 2.24) is 8.87 Å². The molecule has 1 atom stereocenters. The van der Waals surface area contributed by atoms with Crippen LogP contribution in [0.1, 0.15) is 26.0 Å². The number of morpholine rings is 1. The number of nitrogens with two attached hydrogens (primary N) is 1. The lowest BCUT2D eigenvalue weighted by Crippen LogP contribution is -2.48. The topological polar surface area (TPSA) is 77.6 Å². The molecule has 1 aliphatic heterocycles. The number of rotatable bonds is 5. The lowest BCUT2D eigenvalue weighted by Gasteiger charge is -2.33. The highest BCUT2D eigenvalue weighted by Crippen LogP contribution is 2.24. The molecule has 1 saturated heterocycles. The molecule has 114 valence electrons. The van der Waals surface area contributed by atoms with E-state index in [0.717, 1.165) is 12.1 Å². The van der Waals surface area contributed by atoms with Gasteiger partial charge in [-0.1, -0.05) is 6.92 Å². The fourth-order valence-electron chi connectivity index (χ4n) is 2.55. The first kappa shape index (κ1) is 15.5. The zero-order valence-corrected chi connectivity index (χ0v) is 12.9. The Bertz CT molecular complexity index is 532. The van der Waals surface area contributed by atoms with E-state index in [1.54, 1.807) is 16.6 Å². The first-order valence-electron chi connectivity index (χ1n) is 7.03. The van der Waals surface area contributed by atoms with Gasteiger partial charge in [-0.3, -0.25) is 0 Å². The second kappa shape index (κ2) is 6.26. The molecule has 0 saturated carbocycles. The van der Waals surface area contributed by atoms with Crippen LogP contribution >= 0.6 is 0 Å². The molecule has 6 nitrogen and oxygen atoms in total. The van der Waals surface area contributed by atoms with Crippen LogP contribution in [0.15, 0.2) is 17.2 Å². The van der Waals surface area contributed by atoms with Gasteiger partial charge in [-0.25, -0.2) is 8.42 Å². The molecular formula is C13H23N3O3S. The Morgan fingerprint density at radius 1 is 1.45 bits per heavy atom. The molecule has 2 N–H and O–H groups in total. The Hall–Kier alpha value is -0.890. The molecule has 2 rings (SSSR count). The summed E-state index contributed by atoms with van der Waals surface area (Å²) in [6.45, 7) is 6.33. The molecule has 1 fully saturated rings. The second-order valence-corrected chi connectivity index (χ2v) is 6.80. The van der Waals surface area contributed by atoms with Gasteiger partial charge < -0.3 is 15.0 Å². The average Bonchev–Trinajstić information content (AvgIpc) is 2.91. The van der Waals surface area contributed by atoms with E-state index in [-0.39, 0.29) is 6.04 Å². The molecule has 1 aromatic rings. The molecule has 20 heavy (non-hydrogen) atoms.